The van der Waals surface area contributed by atoms with Crippen LogP contribution in [0.5, 0.6) is 0 Å². The molecule has 0 bridgehead atoms. The van der Waals surface area contributed by atoms with E-state index in [9.17, 15) is 19.8 Å². The summed E-state index contributed by atoms with van der Waals surface area (Å²) in [5, 5.41) is 23.4. The molecule has 0 aliphatic heterocycles. The molecule has 1 fully saturated rings. The van der Waals surface area contributed by atoms with Gasteiger partial charge in [-0.2, -0.15) is 0 Å². The van der Waals surface area contributed by atoms with E-state index in [0.29, 0.717) is 38.6 Å². The molecule has 1 aliphatic rings. The number of hydrogen-bond acceptors (Lipinski definition) is 4. The van der Waals surface area contributed by atoms with Gasteiger partial charge in [-0.05, 0) is 50.2 Å². The molecule has 1 aromatic carbocycles. The third-order valence-corrected chi connectivity index (χ3v) is 5.65. The van der Waals surface area contributed by atoms with Crippen LogP contribution in [0.2, 0.25) is 0 Å². The third kappa shape index (κ3) is 8.25. The maximum absolute atomic E-state index is 12.2. The number of benzene rings is 1. The first-order valence-electron chi connectivity index (χ1n) is 11.0. The molecule has 5 heteroatoms. The number of unbranched alkanes of at least 4 members (excludes halogenated alkanes) is 1. The maximum atomic E-state index is 12.2. The molecule has 1 amide bonds. The summed E-state index contributed by atoms with van der Waals surface area (Å²) in [7, 11) is 0. The number of carbonyl (C=O) groups excluding carboxylic acids is 2. The lowest BCUT2D eigenvalue weighted by atomic mass is 9.89. The minimum Gasteiger partial charge on any atom is -0.393 e. The molecule has 0 heterocycles. The van der Waals surface area contributed by atoms with E-state index in [1.165, 1.54) is 0 Å². The second-order valence-corrected chi connectivity index (χ2v) is 7.98. The lowest BCUT2D eigenvalue weighted by molar-refractivity contribution is -0.121. The zero-order chi connectivity index (χ0) is 21.8. The Labute approximate surface area is 179 Å². The predicted octanol–water partition coefficient (Wildman–Crippen LogP) is 3.36. The summed E-state index contributed by atoms with van der Waals surface area (Å²) in [5.74, 6) is -0.215. The van der Waals surface area contributed by atoms with Crippen LogP contribution in [-0.4, -0.2) is 40.7 Å². The highest BCUT2D eigenvalue weighted by Crippen LogP contribution is 2.36. The fraction of sp³-hybridized carbons (Fsp3) is 0.520. The number of hydrogen-bond donors (Lipinski definition) is 3. The third-order valence-electron chi connectivity index (χ3n) is 5.65. The van der Waals surface area contributed by atoms with Crippen LogP contribution in [0.4, 0.5) is 0 Å². The van der Waals surface area contributed by atoms with Gasteiger partial charge >= 0.3 is 0 Å². The molecular weight excluding hydrogens is 378 g/mol. The van der Waals surface area contributed by atoms with Crippen LogP contribution in [0.3, 0.4) is 0 Å². The average molecular weight is 414 g/mol. The number of aliphatic hydroxyl groups excluding tert-OH is 2. The molecule has 1 saturated carbocycles. The first kappa shape index (κ1) is 24.0. The average Bonchev–Trinajstić information content (AvgIpc) is 3.00. The highest BCUT2D eigenvalue weighted by atomic mass is 16.3. The fourth-order valence-corrected chi connectivity index (χ4v) is 3.96. The summed E-state index contributed by atoms with van der Waals surface area (Å²) in [6, 6.07) is 9.89. The van der Waals surface area contributed by atoms with Gasteiger partial charge in [0.25, 0.3) is 0 Å². The van der Waals surface area contributed by atoms with E-state index in [4.69, 9.17) is 0 Å². The predicted molar refractivity (Wildman–Crippen MR) is 119 cm³/mol. The van der Waals surface area contributed by atoms with Gasteiger partial charge in [-0.15, -0.1) is 0 Å². The summed E-state index contributed by atoms with van der Waals surface area (Å²) in [4.78, 5) is 23.7. The SMILES string of the molecule is CCNC(=O)CCC/C=C\C[C@H]1C(O)CC(O)[C@@H]1/C=C/C(=O)CCc1ccccc1. The molecule has 2 rings (SSSR count). The lowest BCUT2D eigenvalue weighted by Crippen LogP contribution is -2.21. The first-order valence-corrected chi connectivity index (χ1v) is 11.0. The summed E-state index contributed by atoms with van der Waals surface area (Å²) >= 11 is 0. The van der Waals surface area contributed by atoms with Crippen LogP contribution >= 0.6 is 0 Å². The second-order valence-electron chi connectivity index (χ2n) is 7.98. The van der Waals surface area contributed by atoms with E-state index < -0.39 is 12.2 Å². The topological polar surface area (TPSA) is 86.6 Å². The highest BCUT2D eigenvalue weighted by Gasteiger charge is 2.39. The number of nitrogens with one attached hydrogen (secondary N) is 1. The molecule has 164 valence electrons. The molecule has 0 radical (unpaired) electrons. The first-order chi connectivity index (χ1) is 14.5. The van der Waals surface area contributed by atoms with E-state index in [-0.39, 0.29) is 23.5 Å². The fourth-order valence-electron chi connectivity index (χ4n) is 3.96. The number of aliphatic hydroxyl groups is 2. The van der Waals surface area contributed by atoms with Crippen LogP contribution in [0, 0.1) is 11.8 Å². The maximum Gasteiger partial charge on any atom is 0.219 e. The highest BCUT2D eigenvalue weighted by molar-refractivity contribution is 5.89. The van der Waals surface area contributed by atoms with Gasteiger partial charge in [0, 0.05) is 31.7 Å². The van der Waals surface area contributed by atoms with Gasteiger partial charge in [0.2, 0.25) is 5.91 Å². The van der Waals surface area contributed by atoms with E-state index >= 15 is 0 Å². The molecule has 0 spiro atoms. The van der Waals surface area contributed by atoms with Crippen molar-refractivity contribution in [2.45, 2.75) is 64.1 Å². The minimum absolute atomic E-state index is 0.0343. The molecular formula is C25H35NO4. The number of ketones is 1. The Morgan fingerprint density at radius 1 is 1.10 bits per heavy atom. The largest absolute Gasteiger partial charge is 0.393 e. The Bertz CT molecular complexity index is 713. The van der Waals surface area contributed by atoms with Gasteiger partial charge in [-0.1, -0.05) is 48.6 Å². The Balaban J connectivity index is 1.78. The van der Waals surface area contributed by atoms with E-state index in [2.05, 4.69) is 5.32 Å². The van der Waals surface area contributed by atoms with Crippen LogP contribution in [0.1, 0.15) is 51.0 Å². The van der Waals surface area contributed by atoms with Gasteiger partial charge in [0.1, 0.15) is 0 Å². The standard InChI is InChI=1S/C25H35NO4/c1-2-26-25(30)13-9-4-3-8-12-21-22(24(29)18-23(21)28)17-16-20(27)15-14-19-10-6-5-7-11-19/h3,5-8,10-11,16-17,21-24,28-29H,2,4,9,12-15,18H2,1H3,(H,26,30)/b8-3-,17-16+/t21-,22-,23?,24?/m1/s1. The number of carbonyl (C=O) groups is 2. The van der Waals surface area contributed by atoms with Crippen LogP contribution in [0.25, 0.3) is 0 Å². The zero-order valence-electron chi connectivity index (χ0n) is 17.9. The number of aryl methyl sites for hydroxylation is 1. The normalized spacial score (nSPS) is 24.0. The van der Waals surface area contributed by atoms with Gasteiger partial charge in [0.15, 0.2) is 5.78 Å². The van der Waals surface area contributed by atoms with Crippen LogP contribution in [-0.2, 0) is 16.0 Å². The molecule has 4 atom stereocenters. The molecule has 0 saturated heterocycles. The molecule has 0 aromatic heterocycles. The van der Waals surface area contributed by atoms with Gasteiger partial charge in [0.05, 0.1) is 12.2 Å². The number of amides is 1. The molecule has 5 nitrogen and oxygen atoms in total. The molecule has 1 aliphatic carbocycles. The smallest absolute Gasteiger partial charge is 0.219 e. The Kier molecular flexibility index (Phi) is 10.5. The number of rotatable bonds is 12. The number of allylic oxidation sites excluding steroid dienone is 3. The van der Waals surface area contributed by atoms with Gasteiger partial charge < -0.3 is 15.5 Å². The Morgan fingerprint density at radius 2 is 1.87 bits per heavy atom. The van der Waals surface area contributed by atoms with Gasteiger partial charge in [-0.25, -0.2) is 0 Å². The van der Waals surface area contributed by atoms with E-state index in [1.54, 1.807) is 12.2 Å². The molecule has 3 N–H and O–H groups in total. The molecule has 30 heavy (non-hydrogen) atoms. The summed E-state index contributed by atoms with van der Waals surface area (Å²) in [5.41, 5.74) is 1.13. The van der Waals surface area contributed by atoms with Crippen molar-refractivity contribution < 1.29 is 19.8 Å². The lowest BCUT2D eigenvalue weighted by Gasteiger charge is -2.19. The van der Waals surface area contributed by atoms with Crippen LogP contribution < -0.4 is 5.32 Å². The Morgan fingerprint density at radius 3 is 2.60 bits per heavy atom. The zero-order valence-corrected chi connectivity index (χ0v) is 17.9. The quantitative estimate of drug-likeness (QED) is 0.279. The van der Waals surface area contributed by atoms with E-state index in [1.807, 2.05) is 49.4 Å². The van der Waals surface area contributed by atoms with Crippen molar-refractivity contribution in [2.24, 2.45) is 11.8 Å². The van der Waals surface area contributed by atoms with E-state index in [0.717, 1.165) is 18.4 Å². The minimum atomic E-state index is -0.630. The van der Waals surface area contributed by atoms with Crippen molar-refractivity contribution in [1.82, 2.24) is 5.32 Å². The van der Waals surface area contributed by atoms with Crippen molar-refractivity contribution in [1.29, 1.82) is 0 Å². The van der Waals surface area contributed by atoms with Crippen molar-refractivity contribution in [2.75, 3.05) is 6.54 Å². The van der Waals surface area contributed by atoms with Crippen molar-refractivity contribution in [3.05, 3.63) is 60.2 Å². The second kappa shape index (κ2) is 13.1. The Hall–Kier alpha value is -2.24. The monoisotopic (exact) mass is 413 g/mol. The van der Waals surface area contributed by atoms with Crippen LogP contribution in [0.15, 0.2) is 54.6 Å². The molecule has 2 unspecified atom stereocenters. The molecule has 1 aromatic rings. The summed E-state index contributed by atoms with van der Waals surface area (Å²) < 4.78 is 0. The summed E-state index contributed by atoms with van der Waals surface area (Å²) in [6.45, 7) is 2.56. The van der Waals surface area contributed by atoms with Crippen molar-refractivity contribution in [3.63, 3.8) is 0 Å². The van der Waals surface area contributed by atoms with Crippen molar-refractivity contribution >= 4 is 11.7 Å². The van der Waals surface area contributed by atoms with Gasteiger partial charge in [-0.3, -0.25) is 9.59 Å². The van der Waals surface area contributed by atoms with Crippen molar-refractivity contribution in [3.8, 4) is 0 Å². The summed E-state index contributed by atoms with van der Waals surface area (Å²) in [6.07, 6.45) is 10.4.